The highest BCUT2D eigenvalue weighted by Crippen LogP contribution is 2.48. The van der Waals surface area contributed by atoms with Crippen LogP contribution in [0.25, 0.3) is 0 Å². The van der Waals surface area contributed by atoms with Crippen LogP contribution in [0.1, 0.15) is 6.42 Å². The van der Waals surface area contributed by atoms with Crippen molar-refractivity contribution in [3.8, 4) is 0 Å². The van der Waals surface area contributed by atoms with Gasteiger partial charge < -0.3 is 15.0 Å². The van der Waals surface area contributed by atoms with Crippen LogP contribution in [0, 0.1) is 23.7 Å². The summed E-state index contributed by atoms with van der Waals surface area (Å²) in [6, 6.07) is 2.89. The summed E-state index contributed by atoms with van der Waals surface area (Å²) in [6.45, 7) is 0. The number of allylic oxidation sites excluding steroid dienone is 2. The highest BCUT2D eigenvalue weighted by atomic mass is 16.4. The predicted octanol–water partition coefficient (Wildman–Crippen LogP) is 0.847. The molecule has 21 heavy (non-hydrogen) atoms. The minimum Gasteiger partial charge on any atom is -0.481 e. The Hall–Kier alpha value is -2.37. The molecule has 0 spiro atoms. The highest BCUT2D eigenvalue weighted by Gasteiger charge is 2.51. The summed E-state index contributed by atoms with van der Waals surface area (Å²) in [5.74, 6) is -2.49. The smallest absolute Gasteiger partial charge is 0.307 e. The normalized spacial score (nSPS) is 29.6. The van der Waals surface area contributed by atoms with Crippen molar-refractivity contribution in [3.05, 3.63) is 40.8 Å². The second kappa shape index (κ2) is 4.87. The largest absolute Gasteiger partial charge is 0.481 e. The van der Waals surface area contributed by atoms with Crippen molar-refractivity contribution in [2.24, 2.45) is 30.7 Å². The first kappa shape index (κ1) is 13.6. The molecule has 1 fully saturated rings. The number of rotatable bonds is 3. The van der Waals surface area contributed by atoms with Crippen molar-refractivity contribution in [2.45, 2.75) is 6.42 Å². The van der Waals surface area contributed by atoms with E-state index in [1.807, 2.05) is 12.2 Å². The molecule has 0 saturated heterocycles. The van der Waals surface area contributed by atoms with E-state index in [-0.39, 0.29) is 23.3 Å². The molecule has 2 N–H and O–H groups in total. The molecule has 0 radical (unpaired) electrons. The maximum atomic E-state index is 12.4. The maximum Gasteiger partial charge on any atom is 0.307 e. The fourth-order valence-electron chi connectivity index (χ4n) is 3.41. The fourth-order valence-corrected chi connectivity index (χ4v) is 3.41. The Balaban J connectivity index is 1.81. The topological polar surface area (TPSA) is 88.4 Å². The Kier molecular flexibility index (Phi) is 3.16. The summed E-state index contributed by atoms with van der Waals surface area (Å²) < 4.78 is 1.37. The van der Waals surface area contributed by atoms with Gasteiger partial charge in [0.2, 0.25) is 11.5 Å². The molecule has 1 aromatic heterocycles. The molecule has 0 aromatic carbocycles. The molecular formula is C15H16N2O4. The molecule has 6 heteroatoms. The van der Waals surface area contributed by atoms with E-state index < -0.39 is 17.8 Å². The summed E-state index contributed by atoms with van der Waals surface area (Å²) in [5.41, 5.74) is 0.331. The van der Waals surface area contributed by atoms with Crippen LogP contribution in [0.5, 0.6) is 0 Å². The molecule has 6 nitrogen and oxygen atoms in total. The van der Waals surface area contributed by atoms with Crippen LogP contribution in [0.4, 0.5) is 5.69 Å². The molecular weight excluding hydrogens is 272 g/mol. The molecule has 1 amide bonds. The van der Waals surface area contributed by atoms with Crippen molar-refractivity contribution in [2.75, 3.05) is 5.32 Å². The van der Waals surface area contributed by atoms with E-state index in [1.54, 1.807) is 7.05 Å². The minimum atomic E-state index is -0.924. The first-order chi connectivity index (χ1) is 9.97. The van der Waals surface area contributed by atoms with Gasteiger partial charge in [0.15, 0.2) is 0 Å². The number of carbonyl (C=O) groups excluding carboxylic acids is 1. The Labute approximate surface area is 121 Å². The molecule has 0 aliphatic heterocycles. The SMILES string of the molecule is Cn1cc(NC(=O)[C@H]2C3C=CC(C3)[C@H]2C(=O)O)ccc1=O. The van der Waals surface area contributed by atoms with E-state index in [9.17, 15) is 19.5 Å². The zero-order valence-corrected chi connectivity index (χ0v) is 11.5. The first-order valence-electron chi connectivity index (χ1n) is 6.86. The van der Waals surface area contributed by atoms with Crippen LogP contribution in [0.2, 0.25) is 0 Å². The quantitative estimate of drug-likeness (QED) is 0.807. The number of fused-ring (bicyclic) bond motifs is 2. The van der Waals surface area contributed by atoms with Gasteiger partial charge in [0.1, 0.15) is 0 Å². The summed E-state index contributed by atoms with van der Waals surface area (Å²) in [7, 11) is 1.60. The van der Waals surface area contributed by atoms with Crippen molar-refractivity contribution in [1.29, 1.82) is 0 Å². The second-order valence-electron chi connectivity index (χ2n) is 5.69. The van der Waals surface area contributed by atoms with Crippen LogP contribution in [0.3, 0.4) is 0 Å². The Morgan fingerprint density at radius 1 is 1.24 bits per heavy atom. The van der Waals surface area contributed by atoms with Gasteiger partial charge in [-0.25, -0.2) is 0 Å². The molecule has 4 atom stereocenters. The fraction of sp³-hybridized carbons (Fsp3) is 0.400. The number of amides is 1. The van der Waals surface area contributed by atoms with Gasteiger partial charge in [-0.1, -0.05) is 12.2 Å². The molecule has 2 aliphatic rings. The number of anilines is 1. The lowest BCUT2D eigenvalue weighted by atomic mass is 9.82. The van der Waals surface area contributed by atoms with Crippen LogP contribution in [0.15, 0.2) is 35.3 Å². The number of hydrogen-bond donors (Lipinski definition) is 2. The Morgan fingerprint density at radius 3 is 2.52 bits per heavy atom. The first-order valence-corrected chi connectivity index (χ1v) is 6.86. The predicted molar refractivity (Wildman–Crippen MR) is 75.7 cm³/mol. The van der Waals surface area contributed by atoms with Crippen molar-refractivity contribution in [3.63, 3.8) is 0 Å². The van der Waals surface area contributed by atoms with Crippen LogP contribution in [-0.2, 0) is 16.6 Å². The van der Waals surface area contributed by atoms with Gasteiger partial charge in [-0.15, -0.1) is 0 Å². The van der Waals surface area contributed by atoms with Crippen molar-refractivity contribution < 1.29 is 14.7 Å². The summed E-state index contributed by atoms with van der Waals surface area (Å²) >= 11 is 0. The van der Waals surface area contributed by atoms with Gasteiger partial charge in [-0.05, 0) is 24.3 Å². The number of carboxylic acids is 1. The van der Waals surface area contributed by atoms with E-state index in [0.29, 0.717) is 5.69 Å². The molecule has 1 aromatic rings. The molecule has 2 aliphatic carbocycles. The van der Waals surface area contributed by atoms with E-state index in [0.717, 1.165) is 6.42 Å². The van der Waals surface area contributed by atoms with Crippen molar-refractivity contribution in [1.82, 2.24) is 4.57 Å². The number of carbonyl (C=O) groups is 2. The molecule has 1 saturated carbocycles. The number of carboxylic acid groups (broad SMARTS) is 1. The van der Waals surface area contributed by atoms with Gasteiger partial charge in [-0.3, -0.25) is 14.4 Å². The Bertz CT molecular complexity index is 691. The third kappa shape index (κ3) is 2.26. The van der Waals surface area contributed by atoms with Gasteiger partial charge >= 0.3 is 5.97 Å². The van der Waals surface area contributed by atoms with E-state index in [4.69, 9.17) is 0 Å². The molecule has 2 bridgehead atoms. The van der Waals surface area contributed by atoms with Crippen LogP contribution < -0.4 is 10.9 Å². The zero-order chi connectivity index (χ0) is 15.1. The van der Waals surface area contributed by atoms with Crippen molar-refractivity contribution >= 4 is 17.6 Å². The monoisotopic (exact) mass is 288 g/mol. The molecule has 1 heterocycles. The summed E-state index contributed by atoms with van der Waals surface area (Å²) in [6.07, 6.45) is 6.09. The minimum absolute atomic E-state index is 0.0105. The highest BCUT2D eigenvalue weighted by molar-refractivity contribution is 5.96. The molecule has 110 valence electrons. The number of nitrogens with one attached hydrogen (secondary N) is 1. The standard InChI is InChI=1S/C15H16N2O4/c1-17-7-10(4-5-11(17)18)16-14(19)12-8-2-3-9(6-8)13(12)15(20)21/h2-5,7-9,12-13H,6H2,1H3,(H,16,19)(H,20,21)/t8?,9?,12-,13+/m0/s1. The zero-order valence-electron chi connectivity index (χ0n) is 11.5. The van der Waals surface area contributed by atoms with E-state index in [1.165, 1.54) is 22.9 Å². The average molecular weight is 288 g/mol. The average Bonchev–Trinajstić information content (AvgIpc) is 3.03. The maximum absolute atomic E-state index is 12.4. The van der Waals surface area contributed by atoms with Gasteiger partial charge in [0.05, 0.1) is 17.5 Å². The number of aryl methyl sites for hydroxylation is 1. The number of aromatic nitrogens is 1. The lowest BCUT2D eigenvalue weighted by Crippen LogP contribution is -2.36. The molecule has 2 unspecified atom stereocenters. The Morgan fingerprint density at radius 2 is 1.90 bits per heavy atom. The van der Waals surface area contributed by atoms with Gasteiger partial charge in [0, 0.05) is 19.3 Å². The summed E-state index contributed by atoms with van der Waals surface area (Å²) in [4.78, 5) is 35.1. The van der Waals surface area contributed by atoms with E-state index >= 15 is 0 Å². The summed E-state index contributed by atoms with van der Waals surface area (Å²) in [5, 5.41) is 12.1. The number of nitrogens with zero attached hydrogens (tertiary/aromatic N) is 1. The van der Waals surface area contributed by atoms with Gasteiger partial charge in [0.25, 0.3) is 0 Å². The third-order valence-corrected chi connectivity index (χ3v) is 4.40. The lowest BCUT2D eigenvalue weighted by molar-refractivity contribution is -0.146. The lowest BCUT2D eigenvalue weighted by Gasteiger charge is -2.23. The van der Waals surface area contributed by atoms with Gasteiger partial charge in [-0.2, -0.15) is 0 Å². The second-order valence-corrected chi connectivity index (χ2v) is 5.69. The van der Waals surface area contributed by atoms with E-state index in [2.05, 4.69) is 5.32 Å². The van der Waals surface area contributed by atoms with Crippen LogP contribution >= 0.6 is 0 Å². The number of aliphatic carboxylic acids is 1. The van der Waals surface area contributed by atoms with Crippen LogP contribution in [-0.4, -0.2) is 21.6 Å². The number of hydrogen-bond acceptors (Lipinski definition) is 3. The molecule has 3 rings (SSSR count). The third-order valence-electron chi connectivity index (χ3n) is 4.40. The number of pyridine rings is 1.